The van der Waals surface area contributed by atoms with E-state index in [0.717, 1.165) is 24.4 Å². The molecule has 1 unspecified atom stereocenters. The maximum atomic E-state index is 13.0. The lowest BCUT2D eigenvalue weighted by molar-refractivity contribution is -0.120. The Morgan fingerprint density at radius 1 is 1.38 bits per heavy atom. The summed E-state index contributed by atoms with van der Waals surface area (Å²) in [5, 5.41) is 7.96. The average Bonchev–Trinajstić information content (AvgIpc) is 3.13. The molecule has 1 aromatic rings. The number of nitrogens with two attached hydrogens (primary N) is 1. The van der Waals surface area contributed by atoms with Crippen LogP contribution in [0.2, 0.25) is 0 Å². The van der Waals surface area contributed by atoms with Crippen LogP contribution in [0.5, 0.6) is 0 Å². The number of nitrogens with zero attached hydrogens (tertiary/aromatic N) is 1. The molecule has 3 rings (SSSR count). The van der Waals surface area contributed by atoms with Crippen LogP contribution in [0.15, 0.2) is 35.4 Å². The highest BCUT2D eigenvalue weighted by Crippen LogP contribution is 2.30. The highest BCUT2D eigenvalue weighted by Gasteiger charge is 2.22. The summed E-state index contributed by atoms with van der Waals surface area (Å²) in [5.74, 6) is -0.358. The minimum atomic E-state index is -0.381. The zero-order valence-corrected chi connectivity index (χ0v) is 17.6. The van der Waals surface area contributed by atoms with Crippen molar-refractivity contribution >= 4 is 35.3 Å². The normalized spacial score (nSPS) is 22.0. The number of hydrogen-bond acceptors (Lipinski definition) is 7. The van der Waals surface area contributed by atoms with E-state index in [0.29, 0.717) is 25.4 Å². The van der Waals surface area contributed by atoms with Crippen LogP contribution in [-0.2, 0) is 20.9 Å². The fraction of sp³-hybridized carbons (Fsp3) is 0.474. The fourth-order valence-electron chi connectivity index (χ4n) is 3.05. The second kappa shape index (κ2) is 10.9. The van der Waals surface area contributed by atoms with E-state index in [1.54, 1.807) is 12.1 Å². The van der Waals surface area contributed by atoms with Gasteiger partial charge in [0.1, 0.15) is 10.5 Å². The third-order valence-corrected chi connectivity index (χ3v) is 6.81. The molecule has 29 heavy (non-hydrogen) atoms. The lowest BCUT2D eigenvalue weighted by Gasteiger charge is -2.33. The van der Waals surface area contributed by atoms with E-state index in [-0.39, 0.29) is 34.9 Å². The van der Waals surface area contributed by atoms with E-state index < -0.39 is 0 Å². The minimum absolute atomic E-state index is 0.00670. The highest BCUT2D eigenvalue weighted by molar-refractivity contribution is 8.18. The Bertz CT molecular complexity index is 747. The molecule has 1 saturated heterocycles. The van der Waals surface area contributed by atoms with E-state index in [4.69, 9.17) is 10.5 Å². The van der Waals surface area contributed by atoms with Crippen molar-refractivity contribution in [3.05, 3.63) is 46.8 Å². The van der Waals surface area contributed by atoms with E-state index in [1.165, 1.54) is 35.7 Å². The second-order valence-electron chi connectivity index (χ2n) is 6.87. The summed E-state index contributed by atoms with van der Waals surface area (Å²) in [6, 6.07) is 6.51. The Balaban J connectivity index is 1.32. The average molecular weight is 441 g/mol. The predicted molar refractivity (Wildman–Crippen MR) is 113 cm³/mol. The second-order valence-corrected chi connectivity index (χ2v) is 9.24. The Morgan fingerprint density at radius 3 is 2.93 bits per heavy atom. The Labute approximate surface area is 178 Å². The number of amides is 2. The summed E-state index contributed by atoms with van der Waals surface area (Å²) in [7, 11) is 0. The number of morpholine rings is 1. The molecule has 10 heteroatoms. The number of rotatable bonds is 9. The van der Waals surface area contributed by atoms with Crippen molar-refractivity contribution in [3.63, 3.8) is 0 Å². The predicted octanol–water partition coefficient (Wildman–Crippen LogP) is 1.21. The molecule has 1 fully saturated rings. The van der Waals surface area contributed by atoms with E-state index in [2.05, 4.69) is 15.5 Å². The first kappa shape index (κ1) is 21.9. The zero-order valence-electron chi connectivity index (χ0n) is 15.9. The lowest BCUT2D eigenvalue weighted by Crippen LogP contribution is -2.47. The maximum absolute atomic E-state index is 13.0. The van der Waals surface area contributed by atoms with E-state index in [1.807, 2.05) is 5.41 Å². The molecule has 158 valence electrons. The Hall–Kier alpha value is -1.75. The third kappa shape index (κ3) is 7.54. The third-order valence-electron chi connectivity index (χ3n) is 4.44. The largest absolute Gasteiger partial charge is 0.374 e. The van der Waals surface area contributed by atoms with Crippen LogP contribution >= 0.6 is 23.5 Å². The number of halogens is 1. The van der Waals surface area contributed by atoms with Crippen LogP contribution < -0.4 is 16.4 Å². The van der Waals surface area contributed by atoms with Crippen molar-refractivity contribution in [2.75, 3.05) is 32.0 Å². The van der Waals surface area contributed by atoms with Gasteiger partial charge in [-0.05, 0) is 23.1 Å². The van der Waals surface area contributed by atoms with Gasteiger partial charge in [-0.2, -0.15) is 0 Å². The van der Waals surface area contributed by atoms with Gasteiger partial charge in [0, 0.05) is 31.9 Å². The molecule has 0 aliphatic carbocycles. The fourth-order valence-corrected chi connectivity index (χ4v) is 5.03. The molecule has 2 aliphatic heterocycles. The summed E-state index contributed by atoms with van der Waals surface area (Å²) in [6.45, 7) is 3.31. The lowest BCUT2D eigenvalue weighted by atomic mass is 10.2. The topological polar surface area (TPSA) is 96.7 Å². The van der Waals surface area contributed by atoms with Crippen molar-refractivity contribution < 1.29 is 18.7 Å². The molecule has 0 spiro atoms. The maximum Gasteiger partial charge on any atom is 0.230 e. The van der Waals surface area contributed by atoms with Crippen LogP contribution in [0.4, 0.5) is 4.39 Å². The van der Waals surface area contributed by atoms with Gasteiger partial charge < -0.3 is 21.1 Å². The minimum Gasteiger partial charge on any atom is -0.374 e. The van der Waals surface area contributed by atoms with Crippen LogP contribution in [0, 0.1) is 5.82 Å². The van der Waals surface area contributed by atoms with Gasteiger partial charge in [-0.1, -0.05) is 23.9 Å². The molecule has 0 saturated carbocycles. The van der Waals surface area contributed by atoms with Gasteiger partial charge in [0.25, 0.3) is 0 Å². The van der Waals surface area contributed by atoms with Gasteiger partial charge in [-0.3, -0.25) is 14.5 Å². The first-order valence-electron chi connectivity index (χ1n) is 9.34. The molecule has 0 aromatic heterocycles. The number of carbonyl (C=O) groups excluding carboxylic acids is 2. The van der Waals surface area contributed by atoms with Crippen LogP contribution in [0.3, 0.4) is 0 Å². The first-order chi connectivity index (χ1) is 14.0. The summed E-state index contributed by atoms with van der Waals surface area (Å²) >= 11 is 3.00. The van der Waals surface area contributed by atoms with Gasteiger partial charge in [0.05, 0.1) is 24.9 Å². The molecular weight excluding hydrogens is 415 g/mol. The molecule has 2 aliphatic rings. The standard InChI is InChI=1S/C19H25FN4O3S2/c20-14-3-1-13(2-4-14)9-24-5-6-27-16(10-24)8-22-18(26)12-29-19-23-15(11-28-19)7-17(21)25/h1-4,11,16,19,23H,5-10,12H2,(H2,21,25)(H,22,26)/t16-,19?/m0/s1. The highest BCUT2D eigenvalue weighted by atomic mass is 32.2. The molecule has 0 radical (unpaired) electrons. The zero-order chi connectivity index (χ0) is 20.6. The van der Waals surface area contributed by atoms with Gasteiger partial charge >= 0.3 is 0 Å². The Kier molecular flexibility index (Phi) is 8.22. The van der Waals surface area contributed by atoms with Crippen molar-refractivity contribution in [3.8, 4) is 0 Å². The molecule has 2 heterocycles. The number of ether oxygens (including phenoxy) is 1. The van der Waals surface area contributed by atoms with E-state index in [9.17, 15) is 14.0 Å². The molecule has 1 aromatic carbocycles. The number of benzene rings is 1. The molecule has 7 nitrogen and oxygen atoms in total. The molecule has 2 atom stereocenters. The summed E-state index contributed by atoms with van der Waals surface area (Å²) in [4.78, 5) is 25.3. The summed E-state index contributed by atoms with van der Waals surface area (Å²) in [5.41, 5.74) is 7.02. The SMILES string of the molecule is NC(=O)CC1=CSC(SCC(=O)NC[C@H]2CN(Cc3ccc(F)cc3)CCO2)N1. The van der Waals surface area contributed by atoms with Crippen molar-refractivity contribution in [1.82, 2.24) is 15.5 Å². The number of thioether (sulfide) groups is 2. The van der Waals surface area contributed by atoms with Crippen LogP contribution in [0.1, 0.15) is 12.0 Å². The Morgan fingerprint density at radius 2 is 2.17 bits per heavy atom. The van der Waals surface area contributed by atoms with Gasteiger partial charge in [-0.15, -0.1) is 11.8 Å². The molecule has 2 amide bonds. The van der Waals surface area contributed by atoms with Crippen molar-refractivity contribution in [2.24, 2.45) is 5.73 Å². The quantitative estimate of drug-likeness (QED) is 0.531. The van der Waals surface area contributed by atoms with E-state index >= 15 is 0 Å². The summed E-state index contributed by atoms with van der Waals surface area (Å²) < 4.78 is 18.8. The number of hydrogen-bond donors (Lipinski definition) is 3. The monoisotopic (exact) mass is 440 g/mol. The van der Waals surface area contributed by atoms with Gasteiger partial charge in [0.15, 0.2) is 0 Å². The van der Waals surface area contributed by atoms with Gasteiger partial charge in [-0.25, -0.2) is 4.39 Å². The van der Waals surface area contributed by atoms with Gasteiger partial charge in [0.2, 0.25) is 11.8 Å². The van der Waals surface area contributed by atoms with Crippen LogP contribution in [-0.4, -0.2) is 59.5 Å². The molecule has 4 N–H and O–H groups in total. The van der Waals surface area contributed by atoms with Crippen LogP contribution in [0.25, 0.3) is 0 Å². The molecule has 0 bridgehead atoms. The van der Waals surface area contributed by atoms with Crippen molar-refractivity contribution in [1.29, 1.82) is 0 Å². The first-order valence-corrected chi connectivity index (χ1v) is 11.3. The number of primary amides is 1. The van der Waals surface area contributed by atoms with Crippen molar-refractivity contribution in [2.45, 2.75) is 23.8 Å². The molecular formula is C19H25FN4O3S2. The smallest absolute Gasteiger partial charge is 0.230 e. The number of nitrogens with one attached hydrogen (secondary N) is 2. The summed E-state index contributed by atoms with van der Waals surface area (Å²) in [6.07, 6.45) is 0.116. The number of carbonyl (C=O) groups is 2.